The van der Waals surface area contributed by atoms with Crippen molar-refractivity contribution in [2.45, 2.75) is 32.4 Å². The van der Waals surface area contributed by atoms with Crippen molar-refractivity contribution in [1.29, 1.82) is 0 Å². The van der Waals surface area contributed by atoms with E-state index in [1.54, 1.807) is 25.6 Å². The van der Waals surface area contributed by atoms with Crippen molar-refractivity contribution >= 4 is 12.0 Å². The highest BCUT2D eigenvalue weighted by Crippen LogP contribution is 2.21. The molecule has 0 spiro atoms. The Hall–Kier alpha value is -2.66. The molecule has 1 aliphatic heterocycles. The Morgan fingerprint density at radius 1 is 1.41 bits per heavy atom. The fourth-order valence-corrected chi connectivity index (χ4v) is 3.23. The topological polar surface area (TPSA) is 51.7 Å². The summed E-state index contributed by atoms with van der Waals surface area (Å²) in [4.78, 5) is 18.9. The molecule has 3 rings (SSSR count). The van der Waals surface area contributed by atoms with Gasteiger partial charge in [0, 0.05) is 43.7 Å². The molecule has 2 aromatic rings. The number of amides is 1. The van der Waals surface area contributed by atoms with Crippen LogP contribution in [-0.4, -0.2) is 42.2 Å². The van der Waals surface area contributed by atoms with E-state index in [4.69, 9.17) is 9.47 Å². The number of methoxy groups -OCH3 is 1. The molecule has 0 bridgehead atoms. The average molecular weight is 366 g/mol. The van der Waals surface area contributed by atoms with Crippen molar-refractivity contribution in [3.63, 3.8) is 0 Å². The molecule has 1 unspecified atom stereocenters. The van der Waals surface area contributed by atoms with Crippen LogP contribution in [0.1, 0.15) is 29.5 Å². The quantitative estimate of drug-likeness (QED) is 0.703. The molecule has 1 aromatic heterocycles. The van der Waals surface area contributed by atoms with Gasteiger partial charge in [-0.25, -0.2) is 0 Å². The molecule has 27 heavy (non-hydrogen) atoms. The van der Waals surface area contributed by atoms with Gasteiger partial charge in [-0.1, -0.05) is 17.7 Å². The van der Waals surface area contributed by atoms with Crippen LogP contribution in [0.25, 0.3) is 6.08 Å². The second-order valence-corrected chi connectivity index (χ2v) is 6.79. The van der Waals surface area contributed by atoms with Crippen molar-refractivity contribution in [2.75, 3.05) is 20.3 Å². The number of hydrogen-bond donors (Lipinski definition) is 0. The Morgan fingerprint density at radius 2 is 2.30 bits per heavy atom. The minimum atomic E-state index is -0.0436. The largest absolute Gasteiger partial charge is 0.496 e. The van der Waals surface area contributed by atoms with Gasteiger partial charge in [-0.15, -0.1) is 0 Å². The average Bonchev–Trinajstić information content (AvgIpc) is 3.19. The Morgan fingerprint density at radius 3 is 3.00 bits per heavy atom. The summed E-state index contributed by atoms with van der Waals surface area (Å²) in [6.07, 6.45) is 9.11. The summed E-state index contributed by atoms with van der Waals surface area (Å²) in [5.74, 6) is 0.709. The van der Waals surface area contributed by atoms with Crippen LogP contribution < -0.4 is 4.74 Å². The third-order valence-corrected chi connectivity index (χ3v) is 4.65. The van der Waals surface area contributed by atoms with Gasteiger partial charge >= 0.3 is 0 Å². The number of rotatable bonds is 7. The van der Waals surface area contributed by atoms with Crippen LogP contribution in [0.3, 0.4) is 0 Å². The molecule has 1 aromatic carbocycles. The van der Waals surface area contributed by atoms with E-state index in [1.807, 2.05) is 48.2 Å². The Labute approximate surface area is 160 Å². The smallest absolute Gasteiger partial charge is 0.246 e. The first kappa shape index (κ1) is 19.1. The van der Waals surface area contributed by atoms with Crippen LogP contribution in [0.2, 0.25) is 0 Å². The summed E-state index contributed by atoms with van der Waals surface area (Å²) in [6, 6.07) is 9.78. The number of pyridine rings is 1. The standard InChI is InChI=1S/C22H26N2O3/c1-17-7-9-21(26-2)19(13-17)8-10-22(25)24(16-20-6-4-12-27-20)15-18-5-3-11-23-14-18/h3,5,7-11,13-14,20H,4,6,12,15-16H2,1-2H3/b10-8+. The zero-order chi connectivity index (χ0) is 19.1. The van der Waals surface area contributed by atoms with E-state index in [0.29, 0.717) is 13.1 Å². The zero-order valence-corrected chi connectivity index (χ0v) is 15.9. The van der Waals surface area contributed by atoms with Gasteiger partial charge in [0.1, 0.15) is 5.75 Å². The Kier molecular flexibility index (Phi) is 6.60. The maximum atomic E-state index is 12.9. The lowest BCUT2D eigenvalue weighted by molar-refractivity contribution is -0.128. The SMILES string of the molecule is COc1ccc(C)cc1/C=C/C(=O)N(Cc1cccnc1)CC1CCCO1. The van der Waals surface area contributed by atoms with Gasteiger partial charge in [-0.05, 0) is 49.6 Å². The molecule has 5 heteroatoms. The highest BCUT2D eigenvalue weighted by molar-refractivity contribution is 5.92. The van der Waals surface area contributed by atoms with Crippen LogP contribution in [0.5, 0.6) is 5.75 Å². The van der Waals surface area contributed by atoms with Crippen molar-refractivity contribution < 1.29 is 14.3 Å². The minimum absolute atomic E-state index is 0.0436. The van der Waals surface area contributed by atoms with E-state index in [9.17, 15) is 4.79 Å². The Balaban J connectivity index is 1.76. The highest BCUT2D eigenvalue weighted by Gasteiger charge is 2.21. The second-order valence-electron chi connectivity index (χ2n) is 6.79. The van der Waals surface area contributed by atoms with Crippen molar-refractivity contribution in [2.24, 2.45) is 0 Å². The molecular formula is C22H26N2O3. The third-order valence-electron chi connectivity index (χ3n) is 4.65. The normalized spacial score (nSPS) is 16.6. The van der Waals surface area contributed by atoms with Crippen LogP contribution in [0, 0.1) is 6.92 Å². The molecule has 5 nitrogen and oxygen atoms in total. The van der Waals surface area contributed by atoms with Crippen LogP contribution in [0.4, 0.5) is 0 Å². The molecule has 0 saturated carbocycles. The first-order valence-corrected chi connectivity index (χ1v) is 9.28. The highest BCUT2D eigenvalue weighted by atomic mass is 16.5. The molecule has 0 aliphatic carbocycles. The van der Waals surface area contributed by atoms with E-state index in [-0.39, 0.29) is 12.0 Å². The van der Waals surface area contributed by atoms with Crippen LogP contribution >= 0.6 is 0 Å². The summed E-state index contributed by atoms with van der Waals surface area (Å²) in [5, 5.41) is 0. The van der Waals surface area contributed by atoms with Gasteiger partial charge in [-0.3, -0.25) is 9.78 Å². The number of aromatic nitrogens is 1. The molecule has 1 atom stereocenters. The monoisotopic (exact) mass is 366 g/mol. The van der Waals surface area contributed by atoms with E-state index >= 15 is 0 Å². The lowest BCUT2D eigenvalue weighted by Crippen LogP contribution is -2.35. The molecule has 1 fully saturated rings. The number of nitrogens with zero attached hydrogens (tertiary/aromatic N) is 2. The van der Waals surface area contributed by atoms with Gasteiger partial charge in [0.15, 0.2) is 0 Å². The van der Waals surface area contributed by atoms with Crippen molar-refractivity contribution in [3.8, 4) is 5.75 Å². The molecule has 1 aliphatic rings. The summed E-state index contributed by atoms with van der Waals surface area (Å²) in [6.45, 7) is 3.89. The predicted molar refractivity (Wildman–Crippen MR) is 105 cm³/mol. The number of carbonyl (C=O) groups excluding carboxylic acids is 1. The maximum Gasteiger partial charge on any atom is 0.246 e. The second kappa shape index (κ2) is 9.33. The molecule has 1 amide bonds. The number of benzene rings is 1. The van der Waals surface area contributed by atoms with Gasteiger partial charge < -0.3 is 14.4 Å². The molecule has 0 N–H and O–H groups in total. The number of ether oxygens (including phenoxy) is 2. The summed E-state index contributed by atoms with van der Waals surface area (Å²) in [5.41, 5.74) is 3.02. The maximum absolute atomic E-state index is 12.9. The van der Waals surface area contributed by atoms with Crippen molar-refractivity contribution in [1.82, 2.24) is 9.88 Å². The lowest BCUT2D eigenvalue weighted by Gasteiger charge is -2.24. The predicted octanol–water partition coefficient (Wildman–Crippen LogP) is 3.62. The first-order valence-electron chi connectivity index (χ1n) is 9.28. The molecule has 142 valence electrons. The van der Waals surface area contributed by atoms with E-state index in [1.165, 1.54) is 0 Å². The van der Waals surface area contributed by atoms with E-state index in [0.717, 1.165) is 41.9 Å². The van der Waals surface area contributed by atoms with E-state index in [2.05, 4.69) is 4.98 Å². The molecule has 0 radical (unpaired) electrons. The molecule has 1 saturated heterocycles. The van der Waals surface area contributed by atoms with Gasteiger partial charge in [0.2, 0.25) is 5.91 Å². The Bertz CT molecular complexity index is 783. The van der Waals surface area contributed by atoms with Gasteiger partial charge in [-0.2, -0.15) is 0 Å². The fraction of sp³-hybridized carbons (Fsp3) is 0.364. The zero-order valence-electron chi connectivity index (χ0n) is 15.9. The third kappa shape index (κ3) is 5.41. The molecular weight excluding hydrogens is 340 g/mol. The summed E-state index contributed by atoms with van der Waals surface area (Å²) in [7, 11) is 1.63. The van der Waals surface area contributed by atoms with Crippen LogP contribution in [0.15, 0.2) is 48.8 Å². The summed E-state index contributed by atoms with van der Waals surface area (Å²) < 4.78 is 11.1. The van der Waals surface area contributed by atoms with Crippen LogP contribution in [-0.2, 0) is 16.1 Å². The summed E-state index contributed by atoms with van der Waals surface area (Å²) >= 11 is 0. The van der Waals surface area contributed by atoms with E-state index < -0.39 is 0 Å². The number of carbonyl (C=O) groups is 1. The van der Waals surface area contributed by atoms with Crippen molar-refractivity contribution in [3.05, 3.63) is 65.5 Å². The lowest BCUT2D eigenvalue weighted by atomic mass is 10.1. The fourth-order valence-electron chi connectivity index (χ4n) is 3.23. The molecule has 2 heterocycles. The van der Waals surface area contributed by atoms with Gasteiger partial charge in [0.05, 0.1) is 13.2 Å². The first-order chi connectivity index (χ1) is 13.2. The van der Waals surface area contributed by atoms with Gasteiger partial charge in [0.25, 0.3) is 0 Å². The number of aryl methyl sites for hydroxylation is 1. The number of hydrogen-bond acceptors (Lipinski definition) is 4. The minimum Gasteiger partial charge on any atom is -0.496 e.